The summed E-state index contributed by atoms with van der Waals surface area (Å²) in [7, 11) is 0. The van der Waals surface area contributed by atoms with E-state index in [0.29, 0.717) is 5.56 Å². The summed E-state index contributed by atoms with van der Waals surface area (Å²) >= 11 is 0. The molecule has 4 rings (SSSR count). The van der Waals surface area contributed by atoms with Gasteiger partial charge in [0.1, 0.15) is 5.70 Å². The van der Waals surface area contributed by atoms with E-state index < -0.39 is 35.4 Å². The average molecular weight is 462 g/mol. The van der Waals surface area contributed by atoms with Crippen LogP contribution in [0.4, 0.5) is 37.7 Å². The van der Waals surface area contributed by atoms with Crippen LogP contribution in [0.15, 0.2) is 90.6 Å². The van der Waals surface area contributed by atoms with Crippen molar-refractivity contribution in [2.45, 2.75) is 18.4 Å². The number of nitrogens with zero attached hydrogens (tertiary/aromatic N) is 1. The summed E-state index contributed by atoms with van der Waals surface area (Å²) < 4.78 is 78.9. The van der Waals surface area contributed by atoms with E-state index in [1.807, 2.05) is 0 Å². The molecule has 0 saturated carbocycles. The first-order valence-electron chi connectivity index (χ1n) is 9.76. The Balaban J connectivity index is 1.73. The van der Waals surface area contributed by atoms with Crippen LogP contribution in [0.5, 0.6) is 0 Å². The molecule has 0 bridgehead atoms. The highest BCUT2D eigenvalue weighted by Gasteiger charge is 2.37. The molecule has 3 aromatic carbocycles. The molecule has 3 aromatic rings. The Labute approximate surface area is 185 Å². The maximum absolute atomic E-state index is 13.2. The van der Waals surface area contributed by atoms with Crippen LogP contribution >= 0.6 is 0 Å². The van der Waals surface area contributed by atoms with E-state index in [0.717, 1.165) is 24.3 Å². The molecule has 170 valence electrons. The zero-order chi connectivity index (χ0) is 23.8. The van der Waals surface area contributed by atoms with Crippen molar-refractivity contribution >= 4 is 17.3 Å². The van der Waals surface area contributed by atoms with Gasteiger partial charge in [-0.1, -0.05) is 42.5 Å². The summed E-state index contributed by atoms with van der Waals surface area (Å²) in [5, 5.41) is 2.70. The van der Waals surface area contributed by atoms with Gasteiger partial charge in [-0.05, 0) is 48.0 Å². The Morgan fingerprint density at radius 2 is 1.33 bits per heavy atom. The molecule has 0 aromatic heterocycles. The quantitative estimate of drug-likeness (QED) is 0.432. The standard InChI is InChI=1S/C24H16F6N2O/c25-23(26,27)16-8-4-10-18(12-16)31-20-14-21(15-6-2-1-3-7-15)32(22(20)33)19-11-5-9-17(13-19)24(28,29)30/h1-14,21,31H. The van der Waals surface area contributed by atoms with Crippen molar-refractivity contribution in [2.75, 3.05) is 10.2 Å². The highest BCUT2D eigenvalue weighted by atomic mass is 19.4. The Morgan fingerprint density at radius 1 is 0.727 bits per heavy atom. The van der Waals surface area contributed by atoms with Gasteiger partial charge < -0.3 is 5.32 Å². The first-order valence-corrected chi connectivity index (χ1v) is 9.76. The molecule has 1 atom stereocenters. The van der Waals surface area contributed by atoms with Gasteiger partial charge in [-0.25, -0.2) is 0 Å². The molecule has 0 saturated heterocycles. The Bertz CT molecular complexity index is 1200. The minimum absolute atomic E-state index is 0.0146. The summed E-state index contributed by atoms with van der Waals surface area (Å²) in [4.78, 5) is 14.4. The number of nitrogens with one attached hydrogen (secondary N) is 1. The molecule has 3 nitrogen and oxygen atoms in total. The third kappa shape index (κ3) is 4.72. The maximum Gasteiger partial charge on any atom is 0.416 e. The fourth-order valence-corrected chi connectivity index (χ4v) is 3.59. The zero-order valence-corrected chi connectivity index (χ0v) is 16.8. The fraction of sp³-hybridized carbons (Fsp3) is 0.125. The van der Waals surface area contributed by atoms with Gasteiger partial charge in [-0.15, -0.1) is 0 Å². The number of alkyl halides is 6. The largest absolute Gasteiger partial charge is 0.416 e. The summed E-state index contributed by atoms with van der Waals surface area (Å²) in [5.74, 6) is -0.666. The number of rotatable bonds is 4. The van der Waals surface area contributed by atoms with E-state index in [2.05, 4.69) is 5.32 Å². The molecule has 0 radical (unpaired) electrons. The van der Waals surface area contributed by atoms with E-state index in [-0.39, 0.29) is 17.1 Å². The van der Waals surface area contributed by atoms with Crippen LogP contribution in [0.25, 0.3) is 0 Å². The first kappa shape index (κ1) is 22.4. The smallest absolute Gasteiger partial charge is 0.351 e. The second-order valence-corrected chi connectivity index (χ2v) is 7.36. The topological polar surface area (TPSA) is 32.3 Å². The molecule has 0 spiro atoms. The van der Waals surface area contributed by atoms with E-state index in [1.165, 1.54) is 35.2 Å². The molecule has 1 heterocycles. The lowest BCUT2D eigenvalue weighted by Crippen LogP contribution is -2.31. The van der Waals surface area contributed by atoms with Crippen molar-refractivity contribution in [3.63, 3.8) is 0 Å². The predicted molar refractivity (Wildman–Crippen MR) is 111 cm³/mol. The van der Waals surface area contributed by atoms with Crippen LogP contribution in [-0.2, 0) is 17.1 Å². The van der Waals surface area contributed by atoms with Gasteiger partial charge >= 0.3 is 12.4 Å². The molecule has 1 aliphatic heterocycles. The van der Waals surface area contributed by atoms with Crippen molar-refractivity contribution in [1.82, 2.24) is 0 Å². The Kier molecular flexibility index (Phi) is 5.65. The summed E-state index contributed by atoms with van der Waals surface area (Å²) in [6.45, 7) is 0. The number of anilines is 2. The van der Waals surface area contributed by atoms with E-state index in [9.17, 15) is 31.1 Å². The molecule has 0 fully saturated rings. The van der Waals surface area contributed by atoms with Gasteiger partial charge in [0, 0.05) is 11.4 Å². The highest BCUT2D eigenvalue weighted by molar-refractivity contribution is 6.11. The molecular formula is C24H16F6N2O. The molecular weight excluding hydrogens is 446 g/mol. The van der Waals surface area contributed by atoms with Gasteiger partial charge in [-0.2, -0.15) is 26.3 Å². The molecule has 1 aliphatic rings. The Hall–Kier alpha value is -3.75. The number of carbonyl (C=O) groups is 1. The van der Waals surface area contributed by atoms with Gasteiger partial charge in [-0.3, -0.25) is 9.69 Å². The minimum atomic E-state index is -4.60. The van der Waals surface area contributed by atoms with Crippen molar-refractivity contribution in [3.8, 4) is 0 Å². The average Bonchev–Trinajstić information content (AvgIpc) is 3.09. The number of hydrogen-bond donors (Lipinski definition) is 1. The minimum Gasteiger partial charge on any atom is -0.351 e. The second kappa shape index (κ2) is 8.31. The van der Waals surface area contributed by atoms with Crippen LogP contribution in [-0.4, -0.2) is 5.91 Å². The number of hydrogen-bond acceptors (Lipinski definition) is 2. The number of amides is 1. The van der Waals surface area contributed by atoms with E-state index in [4.69, 9.17) is 0 Å². The van der Waals surface area contributed by atoms with Gasteiger partial charge in [0.05, 0.1) is 17.2 Å². The lowest BCUT2D eigenvalue weighted by molar-refractivity contribution is -0.138. The molecule has 9 heteroatoms. The molecule has 1 unspecified atom stereocenters. The predicted octanol–water partition coefficient (Wildman–Crippen LogP) is 6.81. The van der Waals surface area contributed by atoms with Gasteiger partial charge in [0.25, 0.3) is 5.91 Å². The lowest BCUT2D eigenvalue weighted by Gasteiger charge is -2.26. The third-order valence-corrected chi connectivity index (χ3v) is 5.11. The van der Waals surface area contributed by atoms with Crippen molar-refractivity contribution in [1.29, 1.82) is 0 Å². The van der Waals surface area contributed by atoms with Crippen LogP contribution in [0, 0.1) is 0 Å². The lowest BCUT2D eigenvalue weighted by atomic mass is 10.1. The van der Waals surface area contributed by atoms with E-state index >= 15 is 0 Å². The first-order chi connectivity index (χ1) is 15.5. The SMILES string of the molecule is O=C1C(Nc2cccc(C(F)(F)F)c2)=CC(c2ccccc2)N1c1cccc(C(F)(F)F)c1. The molecule has 0 aliphatic carbocycles. The van der Waals surface area contributed by atoms with Crippen molar-refractivity contribution < 1.29 is 31.1 Å². The van der Waals surface area contributed by atoms with Crippen molar-refractivity contribution in [2.24, 2.45) is 0 Å². The third-order valence-electron chi connectivity index (χ3n) is 5.11. The van der Waals surface area contributed by atoms with Crippen molar-refractivity contribution in [3.05, 3.63) is 107 Å². The zero-order valence-electron chi connectivity index (χ0n) is 16.8. The maximum atomic E-state index is 13.2. The summed E-state index contributed by atoms with van der Waals surface area (Å²) in [5.41, 5.74) is -1.18. The van der Waals surface area contributed by atoms with E-state index in [1.54, 1.807) is 30.3 Å². The summed E-state index contributed by atoms with van der Waals surface area (Å²) in [6.07, 6.45) is -7.69. The highest BCUT2D eigenvalue weighted by Crippen LogP contribution is 2.39. The number of carbonyl (C=O) groups excluding carboxylic acids is 1. The van der Waals surface area contributed by atoms with Gasteiger partial charge in [0.2, 0.25) is 0 Å². The normalized spacial score (nSPS) is 16.7. The van der Waals surface area contributed by atoms with Crippen LogP contribution in [0.1, 0.15) is 22.7 Å². The van der Waals surface area contributed by atoms with Crippen LogP contribution in [0.3, 0.4) is 0 Å². The number of halogens is 6. The van der Waals surface area contributed by atoms with Crippen LogP contribution < -0.4 is 10.2 Å². The van der Waals surface area contributed by atoms with Crippen LogP contribution in [0.2, 0.25) is 0 Å². The summed E-state index contributed by atoms with van der Waals surface area (Å²) in [6, 6.07) is 16.5. The van der Waals surface area contributed by atoms with Gasteiger partial charge in [0.15, 0.2) is 0 Å². The Morgan fingerprint density at radius 3 is 1.97 bits per heavy atom. The second-order valence-electron chi connectivity index (χ2n) is 7.36. The molecule has 33 heavy (non-hydrogen) atoms. The fourth-order valence-electron chi connectivity index (χ4n) is 3.59. The molecule has 1 N–H and O–H groups in total. The monoisotopic (exact) mass is 462 g/mol. The number of benzene rings is 3. The molecule has 1 amide bonds.